The minimum atomic E-state index is -0.821. The Kier molecular flexibility index (Phi) is 5.26. The first-order valence-corrected chi connectivity index (χ1v) is 8.24. The molecule has 0 atom stereocenters. The zero-order valence-corrected chi connectivity index (χ0v) is 15.4. The summed E-state index contributed by atoms with van der Waals surface area (Å²) in [6, 6.07) is 12.6. The number of hydrogen-bond donors (Lipinski definition) is 1. The van der Waals surface area contributed by atoms with Gasteiger partial charge < -0.3 is 14.8 Å². The van der Waals surface area contributed by atoms with Crippen LogP contribution in [0.3, 0.4) is 0 Å². The fourth-order valence-corrected chi connectivity index (χ4v) is 2.92. The van der Waals surface area contributed by atoms with E-state index in [1.807, 2.05) is 24.3 Å². The van der Waals surface area contributed by atoms with E-state index >= 15 is 0 Å². The van der Waals surface area contributed by atoms with Crippen LogP contribution in [0.25, 0.3) is 10.8 Å². The molecule has 0 unspecified atom stereocenters. The summed E-state index contributed by atoms with van der Waals surface area (Å²) < 4.78 is 10.1. The molecule has 0 heterocycles. The van der Waals surface area contributed by atoms with Gasteiger partial charge in [0.25, 0.3) is 11.7 Å². The second-order valence-electron chi connectivity index (χ2n) is 5.92. The summed E-state index contributed by atoms with van der Waals surface area (Å²) in [7, 11) is 2.50. The van der Waals surface area contributed by atoms with Gasteiger partial charge in [0.05, 0.1) is 35.3 Å². The zero-order chi connectivity index (χ0) is 21.1. The SMILES string of the molecule is COc1cc2ccccc2cc1C(=O)Nc1cc([N+](=O)[O-])c(OC)c([N+](=O)[O-])c1. The molecule has 3 aromatic carbocycles. The van der Waals surface area contributed by atoms with Crippen LogP contribution in [-0.2, 0) is 0 Å². The van der Waals surface area contributed by atoms with Gasteiger partial charge in [0.2, 0.25) is 0 Å². The number of nitrogens with one attached hydrogen (secondary N) is 1. The van der Waals surface area contributed by atoms with Crippen molar-refractivity contribution in [2.45, 2.75) is 0 Å². The van der Waals surface area contributed by atoms with Gasteiger partial charge in [-0.2, -0.15) is 0 Å². The van der Waals surface area contributed by atoms with Crippen molar-refractivity contribution in [1.29, 1.82) is 0 Å². The van der Waals surface area contributed by atoms with Gasteiger partial charge in [-0.05, 0) is 22.9 Å². The highest BCUT2D eigenvalue weighted by Crippen LogP contribution is 2.39. The molecule has 0 radical (unpaired) electrons. The minimum Gasteiger partial charge on any atom is -0.496 e. The number of rotatable bonds is 6. The topological polar surface area (TPSA) is 134 Å². The van der Waals surface area contributed by atoms with Crippen molar-refractivity contribution >= 4 is 33.7 Å². The molecule has 3 aromatic rings. The highest BCUT2D eigenvalue weighted by Gasteiger charge is 2.28. The number of benzene rings is 3. The first-order valence-electron chi connectivity index (χ1n) is 8.24. The molecule has 10 heteroatoms. The normalized spacial score (nSPS) is 10.4. The number of methoxy groups -OCH3 is 2. The van der Waals surface area contributed by atoms with Crippen molar-refractivity contribution in [2.24, 2.45) is 0 Å². The molecule has 0 bridgehead atoms. The minimum absolute atomic E-state index is 0.121. The average Bonchev–Trinajstić information content (AvgIpc) is 2.71. The van der Waals surface area contributed by atoms with E-state index in [1.165, 1.54) is 7.11 Å². The third-order valence-electron chi connectivity index (χ3n) is 4.22. The van der Waals surface area contributed by atoms with Gasteiger partial charge in [0.15, 0.2) is 0 Å². The van der Waals surface area contributed by atoms with E-state index in [2.05, 4.69) is 5.32 Å². The lowest BCUT2D eigenvalue weighted by Crippen LogP contribution is -2.14. The second-order valence-corrected chi connectivity index (χ2v) is 5.92. The number of amides is 1. The van der Waals surface area contributed by atoms with Crippen LogP contribution in [0.2, 0.25) is 0 Å². The maximum absolute atomic E-state index is 12.8. The first-order chi connectivity index (χ1) is 13.8. The van der Waals surface area contributed by atoms with Crippen LogP contribution < -0.4 is 14.8 Å². The van der Waals surface area contributed by atoms with Crippen molar-refractivity contribution in [3.63, 3.8) is 0 Å². The summed E-state index contributed by atoms with van der Waals surface area (Å²) in [5, 5.41) is 26.7. The van der Waals surface area contributed by atoms with Gasteiger partial charge in [-0.1, -0.05) is 24.3 Å². The maximum atomic E-state index is 12.8. The molecule has 1 N–H and O–H groups in total. The van der Waals surface area contributed by atoms with Crippen molar-refractivity contribution in [3.05, 3.63) is 74.3 Å². The van der Waals surface area contributed by atoms with E-state index in [1.54, 1.807) is 12.1 Å². The number of anilines is 1. The van der Waals surface area contributed by atoms with Crippen LogP contribution in [0.4, 0.5) is 17.1 Å². The summed E-state index contributed by atoms with van der Waals surface area (Å²) >= 11 is 0. The van der Waals surface area contributed by atoms with Gasteiger partial charge >= 0.3 is 11.4 Å². The van der Waals surface area contributed by atoms with Crippen molar-refractivity contribution in [1.82, 2.24) is 0 Å². The molecule has 0 saturated heterocycles. The van der Waals surface area contributed by atoms with Crippen molar-refractivity contribution in [3.8, 4) is 11.5 Å². The third kappa shape index (κ3) is 3.76. The molecule has 148 valence electrons. The molecule has 0 saturated carbocycles. The van der Waals surface area contributed by atoms with Crippen molar-refractivity contribution in [2.75, 3.05) is 19.5 Å². The lowest BCUT2D eigenvalue weighted by molar-refractivity contribution is -0.395. The van der Waals surface area contributed by atoms with Crippen LogP contribution in [0.1, 0.15) is 10.4 Å². The Balaban J connectivity index is 2.06. The molecule has 3 rings (SSSR count). The molecule has 0 aliphatic carbocycles. The predicted octanol–water partition coefficient (Wildman–Crippen LogP) is 3.93. The Morgan fingerprint density at radius 2 is 1.45 bits per heavy atom. The Hall–Kier alpha value is -4.21. The van der Waals surface area contributed by atoms with Crippen LogP contribution in [0, 0.1) is 20.2 Å². The quantitative estimate of drug-likeness (QED) is 0.492. The van der Waals surface area contributed by atoms with E-state index < -0.39 is 32.9 Å². The van der Waals surface area contributed by atoms with Crippen LogP contribution in [0.15, 0.2) is 48.5 Å². The summed E-state index contributed by atoms with van der Waals surface area (Å²) in [6.07, 6.45) is 0. The Morgan fingerprint density at radius 1 is 0.897 bits per heavy atom. The summed E-state index contributed by atoms with van der Waals surface area (Å²) in [4.78, 5) is 33.7. The Bertz CT molecular complexity index is 1110. The highest BCUT2D eigenvalue weighted by atomic mass is 16.6. The van der Waals surface area contributed by atoms with Crippen LogP contribution >= 0.6 is 0 Å². The fourth-order valence-electron chi connectivity index (χ4n) is 2.92. The molecule has 0 aliphatic heterocycles. The summed E-state index contributed by atoms with van der Waals surface area (Å²) in [5.41, 5.74) is -1.22. The van der Waals surface area contributed by atoms with Gasteiger partial charge in [0, 0.05) is 12.1 Å². The van der Waals surface area contributed by atoms with Gasteiger partial charge in [-0.3, -0.25) is 25.0 Å². The number of carbonyl (C=O) groups excluding carboxylic acids is 1. The molecule has 0 aromatic heterocycles. The van der Waals surface area contributed by atoms with Crippen LogP contribution in [0.5, 0.6) is 11.5 Å². The van der Waals surface area contributed by atoms with Crippen molar-refractivity contribution < 1.29 is 24.1 Å². The van der Waals surface area contributed by atoms with E-state index in [9.17, 15) is 25.0 Å². The smallest absolute Gasteiger partial charge is 0.320 e. The third-order valence-corrected chi connectivity index (χ3v) is 4.22. The van der Waals surface area contributed by atoms with Crippen LogP contribution in [-0.4, -0.2) is 30.0 Å². The molecule has 1 amide bonds. The van der Waals surface area contributed by atoms with Gasteiger partial charge in [-0.25, -0.2) is 0 Å². The summed E-state index contributed by atoms with van der Waals surface area (Å²) in [5.74, 6) is -0.846. The first kappa shape index (κ1) is 19.5. The molecule has 0 aliphatic rings. The van der Waals surface area contributed by atoms with Gasteiger partial charge in [0.1, 0.15) is 5.75 Å². The number of carbonyl (C=O) groups is 1. The number of ether oxygens (including phenoxy) is 2. The lowest BCUT2D eigenvalue weighted by atomic mass is 10.1. The van der Waals surface area contributed by atoms with E-state index in [0.717, 1.165) is 30.0 Å². The fraction of sp³-hybridized carbons (Fsp3) is 0.105. The zero-order valence-electron chi connectivity index (χ0n) is 15.4. The number of nitro groups is 2. The lowest BCUT2D eigenvalue weighted by Gasteiger charge is -2.12. The Labute approximate surface area is 164 Å². The molecule has 29 heavy (non-hydrogen) atoms. The number of hydrogen-bond acceptors (Lipinski definition) is 7. The molecule has 0 fully saturated rings. The number of nitrogens with zero attached hydrogens (tertiary/aromatic N) is 2. The monoisotopic (exact) mass is 397 g/mol. The highest BCUT2D eigenvalue weighted by molar-refractivity contribution is 6.09. The molecule has 0 spiro atoms. The average molecular weight is 397 g/mol. The number of nitro benzene ring substituents is 2. The van der Waals surface area contributed by atoms with E-state index in [0.29, 0.717) is 5.75 Å². The number of fused-ring (bicyclic) bond motifs is 1. The standard InChI is InChI=1S/C19H15N3O7/c1-28-17-8-12-6-4-3-5-11(12)7-14(17)19(23)20-13-9-15(21(24)25)18(29-2)16(10-13)22(26)27/h3-10H,1-2H3,(H,20,23). The molecular weight excluding hydrogens is 382 g/mol. The van der Waals surface area contributed by atoms with E-state index in [-0.39, 0.29) is 11.3 Å². The maximum Gasteiger partial charge on any atom is 0.320 e. The second kappa shape index (κ2) is 7.80. The predicted molar refractivity (Wildman–Crippen MR) is 105 cm³/mol. The largest absolute Gasteiger partial charge is 0.496 e. The Morgan fingerprint density at radius 3 is 1.93 bits per heavy atom. The summed E-state index contributed by atoms with van der Waals surface area (Å²) in [6.45, 7) is 0. The van der Waals surface area contributed by atoms with Gasteiger partial charge in [-0.15, -0.1) is 0 Å². The molecular formula is C19H15N3O7. The van der Waals surface area contributed by atoms with E-state index in [4.69, 9.17) is 9.47 Å². The molecule has 10 nitrogen and oxygen atoms in total.